The topological polar surface area (TPSA) is 352 Å². The van der Waals surface area contributed by atoms with Gasteiger partial charge in [0.2, 0.25) is 35.4 Å². The molecule has 9 atom stereocenters. The highest BCUT2D eigenvalue weighted by Crippen LogP contribution is 2.18. The number of carboxylic acids is 2. The van der Waals surface area contributed by atoms with Crippen LogP contribution in [0.25, 0.3) is 0 Å². The molecule has 1 saturated heterocycles. The van der Waals surface area contributed by atoms with E-state index in [1.807, 2.05) is 43.3 Å². The predicted molar refractivity (Wildman–Crippen MR) is 255 cm³/mol. The van der Waals surface area contributed by atoms with Crippen LogP contribution in [0.2, 0.25) is 0 Å². The third-order valence-corrected chi connectivity index (χ3v) is 11.0. The number of guanidine groups is 1. The SMILES string of the molecule is C=C1NC(=O)CC[C@H](C(=O)O)NC(=O)[C@@H](C)[C@H](/C=C/C(C)=C/[C@H](C)[C@H](Cc2ccccc2)OC)NC(=O)[C@H](CCCN=C(N)N)NC(=O)C[C@H](C(=O)O)NC(=O)[C@@H](CC(C)C)NC(=O)[C@@H](C)NC1=O. The molecule has 2 rings (SSSR count). The summed E-state index contributed by atoms with van der Waals surface area (Å²) in [5.41, 5.74) is 12.2. The first-order valence-corrected chi connectivity index (χ1v) is 22.7. The third-order valence-electron chi connectivity index (χ3n) is 11.0. The van der Waals surface area contributed by atoms with Gasteiger partial charge in [-0.3, -0.25) is 38.6 Å². The van der Waals surface area contributed by atoms with Gasteiger partial charge >= 0.3 is 11.9 Å². The van der Waals surface area contributed by atoms with Crippen LogP contribution in [0.15, 0.2) is 71.4 Å². The molecule has 22 nitrogen and oxygen atoms in total. The van der Waals surface area contributed by atoms with Gasteiger partial charge < -0.3 is 63.6 Å². The highest BCUT2D eigenvalue weighted by Gasteiger charge is 2.34. The lowest BCUT2D eigenvalue weighted by molar-refractivity contribution is -0.144. The quantitative estimate of drug-likeness (QED) is 0.0364. The molecule has 1 aliphatic heterocycles. The molecule has 1 aliphatic rings. The predicted octanol–water partition coefficient (Wildman–Crippen LogP) is 0.0302. The normalized spacial score (nSPS) is 24.5. The van der Waals surface area contributed by atoms with E-state index in [0.717, 1.165) is 5.56 Å². The van der Waals surface area contributed by atoms with Crippen molar-refractivity contribution in [1.29, 1.82) is 0 Å². The number of nitrogens with one attached hydrogen (secondary N) is 7. The standard InChI is InChI=1S/C47H70N10O12/c1-25(2)21-35-44(64)57-36(46(67)68)24-39(59)53-33(15-12-20-50-47(48)49)43(63)54-32(17-16-26(3)22-27(4)37(69-8)23-31-13-10-9-11-14-31)28(5)40(60)55-34(45(65)66)18-19-38(58)51-29(6)41(61)52-30(7)42(62)56-35/h9-11,13-14,16-17,22,25,27-28,30,32-37H,6,12,15,18-21,23-24H2,1-5,7-8H3,(H,51,58)(H,52,61)(H,53,59)(H,54,63)(H,55,60)(H,56,62)(H,57,64)(H,65,66)(H,67,68)(H4,48,49,50)/b17-16+,26-22+/t27-,28-,30+,32-,33-,34+,35+,36+,37-/m0/s1. The smallest absolute Gasteiger partial charge is 0.326 e. The summed E-state index contributed by atoms with van der Waals surface area (Å²) in [6.45, 7) is 13.5. The van der Waals surface area contributed by atoms with Gasteiger partial charge in [0.05, 0.1) is 30.2 Å². The number of carbonyl (C=O) groups is 9. The molecule has 0 spiro atoms. The van der Waals surface area contributed by atoms with Crippen molar-refractivity contribution in [3.63, 3.8) is 0 Å². The van der Waals surface area contributed by atoms with E-state index in [0.29, 0.717) is 12.0 Å². The van der Waals surface area contributed by atoms with Crippen LogP contribution < -0.4 is 48.7 Å². The number of nitrogens with zero attached hydrogens (tertiary/aromatic N) is 1. The third kappa shape index (κ3) is 21.2. The molecule has 69 heavy (non-hydrogen) atoms. The molecule has 0 saturated carbocycles. The second-order valence-electron chi connectivity index (χ2n) is 17.4. The Kier molecular flexibility index (Phi) is 24.3. The molecule has 22 heteroatoms. The lowest BCUT2D eigenvalue weighted by Crippen LogP contribution is -2.57. The first-order chi connectivity index (χ1) is 32.4. The number of aliphatic carboxylic acids is 2. The first-order valence-electron chi connectivity index (χ1n) is 22.7. The average Bonchev–Trinajstić information content (AvgIpc) is 3.27. The molecule has 380 valence electrons. The Balaban J connectivity index is 2.66. The molecular weight excluding hydrogens is 897 g/mol. The van der Waals surface area contributed by atoms with Crippen LogP contribution in [-0.2, 0) is 54.3 Å². The van der Waals surface area contributed by atoms with Crippen LogP contribution in [-0.4, -0.2) is 125 Å². The maximum Gasteiger partial charge on any atom is 0.326 e. The van der Waals surface area contributed by atoms with E-state index in [1.165, 1.54) is 19.9 Å². The van der Waals surface area contributed by atoms with Gasteiger partial charge in [-0.2, -0.15) is 0 Å². The lowest BCUT2D eigenvalue weighted by Gasteiger charge is -2.27. The van der Waals surface area contributed by atoms with E-state index in [2.05, 4.69) is 48.8 Å². The number of carboxylic acid groups (broad SMARTS) is 2. The Morgan fingerprint density at radius 2 is 1.46 bits per heavy atom. The van der Waals surface area contributed by atoms with Crippen LogP contribution >= 0.6 is 0 Å². The summed E-state index contributed by atoms with van der Waals surface area (Å²) < 4.78 is 5.80. The van der Waals surface area contributed by atoms with Crippen LogP contribution in [0.5, 0.6) is 0 Å². The van der Waals surface area contributed by atoms with Gasteiger partial charge in [0, 0.05) is 26.0 Å². The zero-order chi connectivity index (χ0) is 52.0. The van der Waals surface area contributed by atoms with Crippen LogP contribution in [0.3, 0.4) is 0 Å². The monoisotopic (exact) mass is 967 g/mol. The van der Waals surface area contributed by atoms with Crippen LogP contribution in [0, 0.1) is 17.8 Å². The molecule has 1 aromatic carbocycles. The summed E-state index contributed by atoms with van der Waals surface area (Å²) in [7, 11) is 1.61. The van der Waals surface area contributed by atoms with Crippen molar-refractivity contribution >= 4 is 59.2 Å². The Morgan fingerprint density at radius 1 is 0.841 bits per heavy atom. The fourth-order valence-electron chi connectivity index (χ4n) is 7.09. The Labute approximate surface area is 402 Å². The number of hydrogen-bond acceptors (Lipinski definition) is 11. The number of aliphatic imine (C=N–C) groups is 1. The van der Waals surface area contributed by atoms with Gasteiger partial charge in [-0.1, -0.05) is 88.4 Å². The molecule has 0 radical (unpaired) electrons. The van der Waals surface area contributed by atoms with Gasteiger partial charge in [0.1, 0.15) is 30.2 Å². The maximum atomic E-state index is 14.2. The number of hydrogen-bond donors (Lipinski definition) is 11. The minimum absolute atomic E-state index is 0.0105. The zero-order valence-electron chi connectivity index (χ0n) is 40.3. The minimum atomic E-state index is -1.85. The zero-order valence-corrected chi connectivity index (χ0v) is 40.3. The van der Waals surface area contributed by atoms with Gasteiger partial charge in [-0.05, 0) is 57.4 Å². The Hall–Kier alpha value is -7.10. The molecule has 0 aliphatic carbocycles. The largest absolute Gasteiger partial charge is 0.480 e. The molecule has 1 fully saturated rings. The molecular formula is C47H70N10O12. The van der Waals surface area contributed by atoms with Crippen molar-refractivity contribution in [3.8, 4) is 0 Å². The van der Waals surface area contributed by atoms with Gasteiger partial charge in [-0.25, -0.2) is 9.59 Å². The number of methoxy groups -OCH3 is 1. The lowest BCUT2D eigenvalue weighted by atomic mass is 9.94. The molecule has 0 bridgehead atoms. The number of benzene rings is 1. The minimum Gasteiger partial charge on any atom is -0.480 e. The van der Waals surface area contributed by atoms with Crippen molar-refractivity contribution in [2.24, 2.45) is 34.2 Å². The molecule has 7 amide bonds. The van der Waals surface area contributed by atoms with E-state index in [1.54, 1.807) is 34.0 Å². The summed E-state index contributed by atoms with van der Waals surface area (Å²) in [6, 6.07) is 1.06. The van der Waals surface area contributed by atoms with Crippen LogP contribution in [0.1, 0.15) is 85.6 Å². The number of amides is 7. The van der Waals surface area contributed by atoms with Crippen LogP contribution in [0.4, 0.5) is 0 Å². The van der Waals surface area contributed by atoms with E-state index in [4.69, 9.17) is 16.2 Å². The molecule has 0 aromatic heterocycles. The Bertz CT molecular complexity index is 2090. The molecule has 13 N–H and O–H groups in total. The number of rotatable bonds is 15. The molecule has 0 unspecified atom stereocenters. The van der Waals surface area contributed by atoms with Crippen molar-refractivity contribution in [1.82, 2.24) is 37.2 Å². The highest BCUT2D eigenvalue weighted by molar-refractivity contribution is 6.00. The fourth-order valence-corrected chi connectivity index (χ4v) is 7.09. The number of allylic oxidation sites excluding steroid dienone is 2. The average molecular weight is 967 g/mol. The summed E-state index contributed by atoms with van der Waals surface area (Å²) in [4.78, 5) is 123. The van der Waals surface area contributed by atoms with Crippen molar-refractivity contribution in [2.75, 3.05) is 13.7 Å². The first kappa shape index (κ1) is 58.0. The van der Waals surface area contributed by atoms with Gasteiger partial charge in [-0.15, -0.1) is 0 Å². The Morgan fingerprint density at radius 3 is 2.06 bits per heavy atom. The maximum absolute atomic E-state index is 14.2. The number of ether oxygens (including phenoxy) is 1. The van der Waals surface area contributed by atoms with E-state index >= 15 is 0 Å². The summed E-state index contributed by atoms with van der Waals surface area (Å²) >= 11 is 0. The van der Waals surface area contributed by atoms with Crippen molar-refractivity contribution in [3.05, 3.63) is 72.0 Å². The molecule has 1 aromatic rings. The summed E-state index contributed by atoms with van der Waals surface area (Å²) in [6.07, 6.45) is 3.74. The van der Waals surface area contributed by atoms with Crippen molar-refractivity contribution < 1.29 is 58.1 Å². The number of carbonyl (C=O) groups excluding carboxylic acids is 7. The fraction of sp³-hybridized carbons (Fsp3) is 0.532. The van der Waals surface area contributed by atoms with E-state index < -0.39 is 120 Å². The van der Waals surface area contributed by atoms with E-state index in [-0.39, 0.29) is 49.7 Å². The summed E-state index contributed by atoms with van der Waals surface area (Å²) in [5.74, 6) is -11.2. The van der Waals surface area contributed by atoms with Gasteiger partial charge in [0.15, 0.2) is 5.96 Å². The number of nitrogens with two attached hydrogens (primary N) is 2. The molecule has 1 heterocycles. The van der Waals surface area contributed by atoms with E-state index in [9.17, 15) is 53.4 Å². The summed E-state index contributed by atoms with van der Waals surface area (Å²) in [5, 5.41) is 37.2. The van der Waals surface area contributed by atoms with Crippen molar-refractivity contribution in [2.45, 2.75) is 129 Å². The highest BCUT2D eigenvalue weighted by atomic mass is 16.5. The van der Waals surface area contributed by atoms with Gasteiger partial charge in [0.25, 0.3) is 5.91 Å². The second kappa shape index (κ2) is 28.9. The second-order valence-corrected chi connectivity index (χ2v) is 17.4.